The number of halogens is 1. The highest BCUT2D eigenvalue weighted by Crippen LogP contribution is 2.34. The highest BCUT2D eigenvalue weighted by atomic mass is 35.5. The molecule has 0 aliphatic rings. The Bertz CT molecular complexity index is 959. The highest BCUT2D eigenvalue weighted by molar-refractivity contribution is 7.22. The predicted octanol–water partition coefficient (Wildman–Crippen LogP) is 3.39. The molecule has 0 bridgehead atoms. The third-order valence-electron chi connectivity index (χ3n) is 3.40. The number of imidazole rings is 1. The molecule has 4 rings (SSSR count). The van der Waals surface area contributed by atoms with Crippen LogP contribution in [0.5, 0.6) is 0 Å². The summed E-state index contributed by atoms with van der Waals surface area (Å²) in [6.07, 6.45) is 1.70. The van der Waals surface area contributed by atoms with E-state index in [1.807, 2.05) is 47.8 Å². The van der Waals surface area contributed by atoms with Crippen molar-refractivity contribution in [2.45, 2.75) is 0 Å². The molecule has 0 saturated carbocycles. The lowest BCUT2D eigenvalue weighted by molar-refractivity contribution is 0.927. The highest BCUT2D eigenvalue weighted by Gasteiger charge is 2.18. The predicted molar refractivity (Wildman–Crippen MR) is 89.0 cm³/mol. The van der Waals surface area contributed by atoms with Crippen molar-refractivity contribution in [2.75, 3.05) is 11.9 Å². The summed E-state index contributed by atoms with van der Waals surface area (Å²) in [5, 5.41) is 1.03. The van der Waals surface area contributed by atoms with Gasteiger partial charge >= 0.3 is 0 Å². The molecule has 0 spiro atoms. The molecule has 0 aliphatic heterocycles. The van der Waals surface area contributed by atoms with Gasteiger partial charge in [0.1, 0.15) is 0 Å². The Kier molecular flexibility index (Phi) is 2.98. The van der Waals surface area contributed by atoms with E-state index < -0.39 is 0 Å². The number of nitrogens with zero attached hydrogens (tertiary/aromatic N) is 6. The number of rotatable bonds is 2. The first-order chi connectivity index (χ1) is 10.6. The van der Waals surface area contributed by atoms with Gasteiger partial charge in [-0.2, -0.15) is 9.97 Å². The van der Waals surface area contributed by atoms with E-state index in [-0.39, 0.29) is 5.28 Å². The second-order valence-corrected chi connectivity index (χ2v) is 6.21. The van der Waals surface area contributed by atoms with Crippen LogP contribution in [-0.2, 0) is 7.05 Å². The van der Waals surface area contributed by atoms with E-state index in [1.165, 1.54) is 0 Å². The van der Waals surface area contributed by atoms with Crippen molar-refractivity contribution in [2.24, 2.45) is 7.05 Å². The molecule has 0 radical (unpaired) electrons. The summed E-state index contributed by atoms with van der Waals surface area (Å²) in [6.45, 7) is 0. The first-order valence-corrected chi connectivity index (χ1v) is 7.77. The minimum atomic E-state index is 0.194. The summed E-state index contributed by atoms with van der Waals surface area (Å²) in [5.41, 5.74) is 2.36. The smallest absolute Gasteiger partial charge is 0.226 e. The van der Waals surface area contributed by atoms with E-state index in [4.69, 9.17) is 11.6 Å². The fourth-order valence-electron chi connectivity index (χ4n) is 2.29. The third-order valence-corrected chi connectivity index (χ3v) is 4.68. The zero-order valence-corrected chi connectivity index (χ0v) is 13.4. The molecule has 4 aromatic rings. The maximum absolute atomic E-state index is 6.06. The molecular weight excluding hydrogens is 320 g/mol. The van der Waals surface area contributed by atoms with Crippen LogP contribution in [0.3, 0.4) is 0 Å². The molecule has 0 saturated heterocycles. The van der Waals surface area contributed by atoms with E-state index in [1.54, 1.807) is 17.7 Å². The fourth-order valence-corrected chi connectivity index (χ4v) is 3.38. The molecule has 0 atom stereocenters. The molecule has 8 heteroatoms. The molecule has 1 aromatic carbocycles. The van der Waals surface area contributed by atoms with E-state index in [0.717, 1.165) is 15.3 Å². The van der Waals surface area contributed by atoms with Crippen molar-refractivity contribution < 1.29 is 0 Å². The zero-order chi connectivity index (χ0) is 15.3. The van der Waals surface area contributed by atoms with E-state index in [0.29, 0.717) is 17.0 Å². The summed E-state index contributed by atoms with van der Waals surface area (Å²) in [5.74, 6) is 0.648. The van der Waals surface area contributed by atoms with Gasteiger partial charge in [-0.05, 0) is 23.7 Å². The number of anilines is 2. The number of benzene rings is 1. The minimum Gasteiger partial charge on any atom is -0.318 e. The van der Waals surface area contributed by atoms with Crippen LogP contribution in [0.15, 0.2) is 30.6 Å². The number of hydrogen-bond acceptors (Lipinski definition) is 6. The van der Waals surface area contributed by atoms with Gasteiger partial charge in [-0.25, -0.2) is 9.97 Å². The van der Waals surface area contributed by atoms with Crippen LogP contribution in [0.2, 0.25) is 5.28 Å². The topological polar surface area (TPSA) is 59.7 Å². The first kappa shape index (κ1) is 13.4. The Balaban J connectivity index is 1.90. The van der Waals surface area contributed by atoms with Gasteiger partial charge < -0.3 is 9.47 Å². The van der Waals surface area contributed by atoms with Crippen LogP contribution in [0.4, 0.5) is 10.9 Å². The van der Waals surface area contributed by atoms with Gasteiger partial charge in [-0.3, -0.25) is 0 Å². The number of fused-ring (bicyclic) bond motifs is 2. The fraction of sp³-hybridized carbons (Fsp3) is 0.143. The lowest BCUT2D eigenvalue weighted by Crippen LogP contribution is -2.12. The lowest BCUT2D eigenvalue weighted by atomic mass is 10.3. The van der Waals surface area contributed by atoms with Crippen LogP contribution >= 0.6 is 22.9 Å². The van der Waals surface area contributed by atoms with Gasteiger partial charge in [-0.15, -0.1) is 0 Å². The lowest BCUT2D eigenvalue weighted by Gasteiger charge is -2.14. The number of aromatic nitrogens is 5. The van der Waals surface area contributed by atoms with Crippen molar-refractivity contribution >= 4 is 55.3 Å². The van der Waals surface area contributed by atoms with Crippen LogP contribution in [0.25, 0.3) is 21.4 Å². The van der Waals surface area contributed by atoms with Gasteiger partial charge in [0, 0.05) is 14.1 Å². The van der Waals surface area contributed by atoms with Gasteiger partial charge in [0.2, 0.25) is 5.28 Å². The van der Waals surface area contributed by atoms with E-state index in [9.17, 15) is 0 Å². The Hall–Kier alpha value is -2.25. The van der Waals surface area contributed by atoms with Gasteiger partial charge in [0.05, 0.1) is 16.5 Å². The molecule has 0 fully saturated rings. The Labute approximate surface area is 135 Å². The number of thiazole rings is 1. The van der Waals surface area contributed by atoms with Gasteiger partial charge in [0.15, 0.2) is 22.1 Å². The maximum atomic E-state index is 6.06. The molecule has 0 unspecified atom stereocenters. The summed E-state index contributed by atoms with van der Waals surface area (Å²) in [4.78, 5) is 19.5. The Morgan fingerprint density at radius 1 is 1.18 bits per heavy atom. The second kappa shape index (κ2) is 4.89. The number of para-hydroxylation sites is 1. The standard InChI is InChI=1S/C14H11ClN6S/c1-20-7-16-10-11(20)18-13(15)19-12(10)21(2)14-17-8-5-3-4-6-9(8)22-14/h3-7H,1-2H3. The average molecular weight is 331 g/mol. The molecule has 0 amide bonds. The molecule has 3 aromatic heterocycles. The normalized spacial score (nSPS) is 11.4. The van der Waals surface area contributed by atoms with Crippen LogP contribution in [0.1, 0.15) is 0 Å². The van der Waals surface area contributed by atoms with Crippen LogP contribution < -0.4 is 4.90 Å². The van der Waals surface area contributed by atoms with Crippen molar-refractivity contribution in [3.8, 4) is 0 Å². The van der Waals surface area contributed by atoms with Crippen molar-refractivity contribution in [3.63, 3.8) is 0 Å². The monoisotopic (exact) mass is 330 g/mol. The Morgan fingerprint density at radius 2 is 2.00 bits per heavy atom. The average Bonchev–Trinajstić information content (AvgIpc) is 3.10. The molecule has 6 nitrogen and oxygen atoms in total. The third kappa shape index (κ3) is 2.01. The summed E-state index contributed by atoms with van der Waals surface area (Å²) >= 11 is 7.65. The minimum absolute atomic E-state index is 0.194. The molecule has 22 heavy (non-hydrogen) atoms. The van der Waals surface area contributed by atoms with Crippen LogP contribution in [0, 0.1) is 0 Å². The molecule has 0 N–H and O–H groups in total. The first-order valence-electron chi connectivity index (χ1n) is 6.57. The second-order valence-electron chi connectivity index (χ2n) is 4.87. The SMILES string of the molecule is CN(c1nc2ccccc2s1)c1nc(Cl)nc2c1ncn2C. The van der Waals surface area contributed by atoms with Crippen molar-refractivity contribution in [3.05, 3.63) is 35.9 Å². The quantitative estimate of drug-likeness (QED) is 0.527. The van der Waals surface area contributed by atoms with Crippen LogP contribution in [-0.4, -0.2) is 31.6 Å². The van der Waals surface area contributed by atoms with Gasteiger partial charge in [-0.1, -0.05) is 23.5 Å². The van der Waals surface area contributed by atoms with Gasteiger partial charge in [0.25, 0.3) is 0 Å². The van der Waals surface area contributed by atoms with E-state index in [2.05, 4.69) is 19.9 Å². The number of aryl methyl sites for hydroxylation is 1. The largest absolute Gasteiger partial charge is 0.318 e. The summed E-state index contributed by atoms with van der Waals surface area (Å²) in [6, 6.07) is 8.02. The molecule has 110 valence electrons. The molecule has 3 heterocycles. The van der Waals surface area contributed by atoms with Crippen molar-refractivity contribution in [1.82, 2.24) is 24.5 Å². The van der Waals surface area contributed by atoms with E-state index >= 15 is 0 Å². The summed E-state index contributed by atoms with van der Waals surface area (Å²) in [7, 11) is 3.78. The van der Waals surface area contributed by atoms with Crippen molar-refractivity contribution in [1.29, 1.82) is 0 Å². The molecule has 0 aliphatic carbocycles. The summed E-state index contributed by atoms with van der Waals surface area (Å²) < 4.78 is 2.94. The zero-order valence-electron chi connectivity index (χ0n) is 11.9. The number of hydrogen-bond donors (Lipinski definition) is 0. The molecular formula is C14H11ClN6S. The Morgan fingerprint density at radius 3 is 2.82 bits per heavy atom. The maximum Gasteiger partial charge on any atom is 0.226 e.